The zero-order chi connectivity index (χ0) is 14.5. The third-order valence-corrected chi connectivity index (χ3v) is 2.75. The number of amides is 1. The molecule has 20 heavy (non-hydrogen) atoms. The second-order valence-electron chi connectivity index (χ2n) is 4.39. The summed E-state index contributed by atoms with van der Waals surface area (Å²) in [5.74, 6) is 5.77. The maximum Gasteiger partial charge on any atom is 0.259 e. The topological polar surface area (TPSA) is 62.5 Å². The van der Waals surface area contributed by atoms with Gasteiger partial charge in [0.25, 0.3) is 5.91 Å². The molecule has 2 aromatic rings. The van der Waals surface area contributed by atoms with Crippen LogP contribution >= 0.6 is 0 Å². The van der Waals surface area contributed by atoms with Crippen molar-refractivity contribution in [2.24, 2.45) is 0 Å². The first-order chi connectivity index (χ1) is 9.60. The number of aliphatic hydroxyl groups excluding tert-OH is 1. The van der Waals surface area contributed by atoms with E-state index in [0.29, 0.717) is 17.0 Å². The summed E-state index contributed by atoms with van der Waals surface area (Å²) in [5.41, 5.74) is 2.90. The smallest absolute Gasteiger partial charge is 0.259 e. The van der Waals surface area contributed by atoms with Crippen LogP contribution in [-0.2, 0) is 0 Å². The van der Waals surface area contributed by atoms with Crippen LogP contribution in [-0.4, -0.2) is 17.6 Å². The summed E-state index contributed by atoms with van der Waals surface area (Å²) in [4.78, 5) is 12.1. The average Bonchev–Trinajstić information content (AvgIpc) is 2.82. The van der Waals surface area contributed by atoms with Gasteiger partial charge in [-0.3, -0.25) is 4.79 Å². The summed E-state index contributed by atoms with van der Waals surface area (Å²) in [6, 6.07) is 7.15. The molecular weight excluding hydrogens is 254 g/mol. The Labute approximate surface area is 117 Å². The van der Waals surface area contributed by atoms with Gasteiger partial charge in [0, 0.05) is 11.3 Å². The van der Waals surface area contributed by atoms with Crippen molar-refractivity contribution < 1.29 is 14.3 Å². The van der Waals surface area contributed by atoms with Crippen molar-refractivity contribution in [1.29, 1.82) is 0 Å². The minimum Gasteiger partial charge on any atom is -0.469 e. The number of rotatable bonds is 2. The standard InChI is InChI=1S/C16H15NO3/c1-11-8-13(4-3-6-18)10-14(9-11)17-16(19)15-5-7-20-12(15)2/h5,7-10,18H,6H2,1-2H3,(H,17,19). The SMILES string of the molecule is Cc1cc(C#CCO)cc(NC(=O)c2ccoc2C)c1. The molecule has 0 saturated carbocycles. The molecule has 0 bridgehead atoms. The molecule has 1 aromatic carbocycles. The Morgan fingerprint density at radius 1 is 1.35 bits per heavy atom. The van der Waals surface area contributed by atoms with E-state index < -0.39 is 0 Å². The van der Waals surface area contributed by atoms with E-state index in [1.807, 2.05) is 19.1 Å². The van der Waals surface area contributed by atoms with Gasteiger partial charge in [-0.15, -0.1) is 0 Å². The molecule has 4 nitrogen and oxygen atoms in total. The van der Waals surface area contributed by atoms with Gasteiger partial charge >= 0.3 is 0 Å². The number of carbonyl (C=O) groups is 1. The van der Waals surface area contributed by atoms with E-state index in [4.69, 9.17) is 9.52 Å². The number of furan rings is 1. The maximum absolute atomic E-state index is 12.1. The van der Waals surface area contributed by atoms with Crippen molar-refractivity contribution in [3.05, 3.63) is 53.0 Å². The van der Waals surface area contributed by atoms with Crippen LogP contribution in [0.5, 0.6) is 0 Å². The molecule has 102 valence electrons. The predicted molar refractivity (Wildman–Crippen MR) is 76.5 cm³/mol. The molecule has 4 heteroatoms. The van der Waals surface area contributed by atoms with Gasteiger partial charge in [0.05, 0.1) is 11.8 Å². The van der Waals surface area contributed by atoms with Crippen molar-refractivity contribution in [2.75, 3.05) is 11.9 Å². The average molecular weight is 269 g/mol. The molecule has 0 spiro atoms. The van der Waals surface area contributed by atoms with Crippen LogP contribution in [0.2, 0.25) is 0 Å². The lowest BCUT2D eigenvalue weighted by molar-refractivity contribution is 0.102. The van der Waals surface area contributed by atoms with E-state index in [0.717, 1.165) is 11.1 Å². The summed E-state index contributed by atoms with van der Waals surface area (Å²) in [5, 5.41) is 11.5. The quantitative estimate of drug-likeness (QED) is 0.823. The molecule has 0 aliphatic heterocycles. The summed E-state index contributed by atoms with van der Waals surface area (Å²) in [6.07, 6.45) is 1.48. The highest BCUT2D eigenvalue weighted by molar-refractivity contribution is 6.05. The predicted octanol–water partition coefficient (Wildman–Crippen LogP) is 2.49. The second-order valence-corrected chi connectivity index (χ2v) is 4.39. The van der Waals surface area contributed by atoms with Gasteiger partial charge in [0.15, 0.2) is 0 Å². The third-order valence-electron chi connectivity index (χ3n) is 2.75. The first kappa shape index (κ1) is 13.9. The van der Waals surface area contributed by atoms with E-state index in [1.165, 1.54) is 6.26 Å². The van der Waals surface area contributed by atoms with E-state index in [9.17, 15) is 4.79 Å². The van der Waals surface area contributed by atoms with Crippen LogP contribution < -0.4 is 5.32 Å². The maximum atomic E-state index is 12.1. The Morgan fingerprint density at radius 2 is 2.15 bits per heavy atom. The fourth-order valence-corrected chi connectivity index (χ4v) is 1.89. The van der Waals surface area contributed by atoms with Gasteiger partial charge in [-0.2, -0.15) is 0 Å². The summed E-state index contributed by atoms with van der Waals surface area (Å²) >= 11 is 0. The van der Waals surface area contributed by atoms with Crippen LogP contribution in [0.4, 0.5) is 5.69 Å². The van der Waals surface area contributed by atoms with Crippen molar-refractivity contribution in [1.82, 2.24) is 0 Å². The Balaban J connectivity index is 2.23. The fourth-order valence-electron chi connectivity index (χ4n) is 1.89. The van der Waals surface area contributed by atoms with E-state index in [2.05, 4.69) is 17.2 Å². The Bertz CT molecular complexity index is 689. The second kappa shape index (κ2) is 6.09. The highest BCUT2D eigenvalue weighted by atomic mass is 16.3. The van der Waals surface area contributed by atoms with E-state index in [1.54, 1.807) is 19.1 Å². The van der Waals surface area contributed by atoms with Gasteiger partial charge < -0.3 is 14.8 Å². The van der Waals surface area contributed by atoms with Gasteiger partial charge in [-0.25, -0.2) is 0 Å². The minimum atomic E-state index is -0.220. The van der Waals surface area contributed by atoms with Crippen LogP contribution in [0.15, 0.2) is 34.9 Å². The highest BCUT2D eigenvalue weighted by Gasteiger charge is 2.11. The van der Waals surface area contributed by atoms with Crippen LogP contribution in [0.1, 0.15) is 27.2 Å². The Kier molecular flexibility index (Phi) is 4.24. The first-order valence-corrected chi connectivity index (χ1v) is 6.17. The molecule has 0 aliphatic rings. The largest absolute Gasteiger partial charge is 0.469 e. The minimum absolute atomic E-state index is 0.191. The molecule has 1 amide bonds. The number of benzene rings is 1. The van der Waals surface area contributed by atoms with Gasteiger partial charge in [0.2, 0.25) is 0 Å². The lowest BCUT2D eigenvalue weighted by Gasteiger charge is -2.06. The zero-order valence-corrected chi connectivity index (χ0v) is 11.4. The molecule has 2 N–H and O–H groups in total. The number of anilines is 1. The van der Waals surface area contributed by atoms with E-state index in [-0.39, 0.29) is 12.5 Å². The van der Waals surface area contributed by atoms with Gasteiger partial charge in [-0.1, -0.05) is 11.8 Å². The Morgan fingerprint density at radius 3 is 2.80 bits per heavy atom. The molecule has 0 unspecified atom stereocenters. The number of carbonyl (C=O) groups excluding carboxylic acids is 1. The summed E-state index contributed by atoms with van der Waals surface area (Å²) < 4.78 is 5.11. The lowest BCUT2D eigenvalue weighted by Crippen LogP contribution is -2.12. The fraction of sp³-hybridized carbons (Fsp3) is 0.188. The Hall–Kier alpha value is -2.51. The third kappa shape index (κ3) is 3.28. The van der Waals surface area contributed by atoms with E-state index >= 15 is 0 Å². The molecule has 2 rings (SSSR count). The molecule has 1 aromatic heterocycles. The monoisotopic (exact) mass is 269 g/mol. The van der Waals surface area contributed by atoms with Gasteiger partial charge in [-0.05, 0) is 43.7 Å². The molecule has 0 radical (unpaired) electrons. The van der Waals surface area contributed by atoms with Crippen molar-refractivity contribution >= 4 is 11.6 Å². The number of aliphatic hydroxyl groups is 1. The zero-order valence-electron chi connectivity index (χ0n) is 11.4. The number of nitrogens with one attached hydrogen (secondary N) is 1. The molecule has 0 atom stereocenters. The van der Waals surface area contributed by atoms with Crippen molar-refractivity contribution in [3.8, 4) is 11.8 Å². The highest BCUT2D eigenvalue weighted by Crippen LogP contribution is 2.16. The summed E-state index contributed by atoms with van der Waals surface area (Å²) in [6.45, 7) is 3.47. The van der Waals surface area contributed by atoms with Crippen LogP contribution in [0.3, 0.4) is 0 Å². The summed E-state index contributed by atoms with van der Waals surface area (Å²) in [7, 11) is 0. The lowest BCUT2D eigenvalue weighted by atomic mass is 10.1. The first-order valence-electron chi connectivity index (χ1n) is 6.17. The number of hydrogen-bond donors (Lipinski definition) is 2. The van der Waals surface area contributed by atoms with Crippen molar-refractivity contribution in [3.63, 3.8) is 0 Å². The van der Waals surface area contributed by atoms with Gasteiger partial charge in [0.1, 0.15) is 12.4 Å². The molecule has 1 heterocycles. The number of hydrogen-bond acceptors (Lipinski definition) is 3. The molecule has 0 saturated heterocycles. The molecular formula is C16H15NO3. The van der Waals surface area contributed by atoms with Crippen molar-refractivity contribution in [2.45, 2.75) is 13.8 Å². The van der Waals surface area contributed by atoms with Crippen LogP contribution in [0, 0.1) is 25.7 Å². The molecule has 0 fully saturated rings. The van der Waals surface area contributed by atoms with Crippen LogP contribution in [0.25, 0.3) is 0 Å². The normalized spacial score (nSPS) is 9.75. The number of aryl methyl sites for hydroxylation is 2. The molecule has 0 aliphatic carbocycles.